The van der Waals surface area contributed by atoms with Crippen LogP contribution in [0.4, 0.5) is 0 Å². The molecule has 0 unspecified atom stereocenters. The van der Waals surface area contributed by atoms with Gasteiger partial charge in [-0.2, -0.15) is 12.8 Å². The van der Waals surface area contributed by atoms with Crippen LogP contribution in [-0.2, 0) is 40.4 Å². The van der Waals surface area contributed by atoms with Crippen molar-refractivity contribution in [3.8, 4) is 0 Å². The molecule has 0 bridgehead atoms. The zero-order chi connectivity index (χ0) is 20.9. The van der Waals surface area contributed by atoms with E-state index in [1.165, 1.54) is 38.5 Å². The van der Waals surface area contributed by atoms with Crippen molar-refractivity contribution < 1.29 is 40.4 Å². The van der Waals surface area contributed by atoms with E-state index in [4.69, 9.17) is 28.9 Å². The van der Waals surface area contributed by atoms with E-state index in [2.05, 4.69) is 30.3 Å². The van der Waals surface area contributed by atoms with Crippen molar-refractivity contribution in [2.45, 2.75) is 39.5 Å². The molecule has 0 aromatic heterocycles. The van der Waals surface area contributed by atoms with Crippen molar-refractivity contribution in [2.75, 3.05) is 6.54 Å². The summed E-state index contributed by atoms with van der Waals surface area (Å²) in [5.74, 6) is 0.182. The smallest absolute Gasteiger partial charge is 0 e. The molecule has 0 aliphatic rings. The quantitative estimate of drug-likeness (QED) is 0.0815. The van der Waals surface area contributed by atoms with Gasteiger partial charge in [0.15, 0.2) is 5.96 Å². The van der Waals surface area contributed by atoms with E-state index in [-0.39, 0.29) is 27.0 Å². The summed E-state index contributed by atoms with van der Waals surface area (Å²) < 4.78 is 2.02. The molecule has 0 fully saturated rings. The number of aliphatic imine (C=N–C) groups is 1. The van der Waals surface area contributed by atoms with Gasteiger partial charge in [0, 0.05) is 27.6 Å². The van der Waals surface area contributed by atoms with Crippen molar-refractivity contribution >= 4 is 23.0 Å². The number of rotatable bonds is 6. The Morgan fingerprint density at radius 1 is 1.19 bits per heavy atom. The standard InChI is InChI=1S/C6H7.C5H10.C4H11N3.2CH3N2.2W/c1-4-5-6(2)3;1-3-5-4-2;1-2-3-7-4(5)6;2*2-1-3;;/h1-2,4-5H,3H3;1-5H2;2-3H2,1H3,(H4,5,6,7);2*(H3,2,3);;/q-1;-2;;2*-1;;. The van der Waals surface area contributed by atoms with Gasteiger partial charge in [-0.15, -0.1) is 6.42 Å². The van der Waals surface area contributed by atoms with Gasteiger partial charge >= 0.3 is 55.0 Å². The van der Waals surface area contributed by atoms with Crippen molar-refractivity contribution in [1.82, 2.24) is 0 Å². The van der Waals surface area contributed by atoms with Gasteiger partial charge in [-0.1, -0.05) is 6.92 Å². The molecule has 0 aromatic carbocycles. The number of allylic oxidation sites excluding steroid dienone is 3. The Morgan fingerprint density at radius 3 is 1.65 bits per heavy atom. The third kappa shape index (κ3) is 138. The van der Waals surface area contributed by atoms with Crippen molar-refractivity contribution in [1.29, 1.82) is 10.8 Å². The number of hydrogen-bond donors (Lipinski definition) is 6. The van der Waals surface area contributed by atoms with Crippen LogP contribution >= 0.6 is 0 Å². The SMILES string of the molecule is CCCN=C(N)N.N=[C-]N.N=[C-]N.[CH-]=C(C)C=C[CH]=[W].[CH2-]CCC[CH2-].[W]. The molecule has 0 saturated carbocycles. The summed E-state index contributed by atoms with van der Waals surface area (Å²) in [6, 6.07) is 0. The molecule has 0 amide bonds. The molecule has 9 heteroatoms. The Labute approximate surface area is 185 Å². The van der Waals surface area contributed by atoms with E-state index in [0.29, 0.717) is 0 Å². The fraction of sp³-hybridized carbons (Fsp3) is 0.412. The van der Waals surface area contributed by atoms with Gasteiger partial charge < -0.3 is 60.3 Å². The van der Waals surface area contributed by atoms with Gasteiger partial charge in [0.1, 0.15) is 0 Å². The van der Waals surface area contributed by atoms with Crippen molar-refractivity contribution in [3.05, 3.63) is 38.2 Å². The number of nitrogens with one attached hydrogen (secondary N) is 2. The average Bonchev–Trinajstić information content (AvgIpc) is 2.54. The Bertz CT molecular complexity index is 332. The first-order chi connectivity index (χ1) is 11.8. The van der Waals surface area contributed by atoms with E-state index in [0.717, 1.165) is 31.4 Å². The number of nitrogens with zero attached hydrogens (tertiary/aromatic N) is 1. The molecule has 26 heavy (non-hydrogen) atoms. The van der Waals surface area contributed by atoms with E-state index in [9.17, 15) is 0 Å². The fourth-order valence-corrected chi connectivity index (χ4v) is 0.891. The Balaban J connectivity index is -0.0000000498. The number of nitrogens with two attached hydrogens (primary N) is 4. The molecule has 0 saturated heterocycles. The van der Waals surface area contributed by atoms with Gasteiger partial charge in [-0.25, -0.2) is 0 Å². The molecule has 0 aliphatic heterocycles. The summed E-state index contributed by atoms with van der Waals surface area (Å²) in [6.07, 6.45) is 11.1. The van der Waals surface area contributed by atoms with Gasteiger partial charge in [0.25, 0.3) is 0 Å². The van der Waals surface area contributed by atoms with Crippen LogP contribution in [0.3, 0.4) is 0 Å². The third-order valence-electron chi connectivity index (χ3n) is 1.46. The molecule has 154 valence electrons. The summed E-state index contributed by atoms with van der Waals surface area (Å²) in [6.45, 7) is 17.2. The Hall–Kier alpha value is -1.06. The van der Waals surface area contributed by atoms with Gasteiger partial charge in [-0.05, 0) is 6.42 Å². The topological polar surface area (TPSA) is 164 Å². The Kier molecular flexibility index (Phi) is 76.0. The second-order valence-corrected chi connectivity index (χ2v) is 4.87. The molecule has 0 aromatic rings. The van der Waals surface area contributed by atoms with E-state index in [1.807, 2.05) is 30.4 Å². The molecule has 0 heterocycles. The van der Waals surface area contributed by atoms with Gasteiger partial charge in [0.2, 0.25) is 0 Å². The van der Waals surface area contributed by atoms with Crippen LogP contribution in [0.1, 0.15) is 39.5 Å². The summed E-state index contributed by atoms with van der Waals surface area (Å²) in [5, 5.41) is 11.5. The first-order valence-corrected chi connectivity index (χ1v) is 9.07. The monoisotopic (exact) mass is 704 g/mol. The fourth-order valence-electron chi connectivity index (χ4n) is 0.609. The van der Waals surface area contributed by atoms with E-state index < -0.39 is 0 Å². The average molecular weight is 704 g/mol. The second-order valence-electron chi connectivity index (χ2n) is 3.90. The minimum Gasteiger partial charge on any atom is -0.343 e. The van der Waals surface area contributed by atoms with Crippen LogP contribution in [0.5, 0.6) is 0 Å². The molecule has 7 nitrogen and oxygen atoms in total. The number of unbranched alkanes of at least 4 members (excludes halogenated alkanes) is 2. The largest absolute Gasteiger partial charge is 0.343 e. The predicted octanol–water partition coefficient (Wildman–Crippen LogP) is 1.62. The molecule has 0 radical (unpaired) electrons. The zero-order valence-electron chi connectivity index (χ0n) is 15.8. The maximum Gasteiger partial charge on any atom is 0 e. The van der Waals surface area contributed by atoms with Crippen LogP contribution in [0, 0.1) is 31.2 Å². The zero-order valence-corrected chi connectivity index (χ0v) is 21.7. The normalized spacial score (nSPS) is 7.23. The first-order valence-electron chi connectivity index (χ1n) is 7.38. The van der Waals surface area contributed by atoms with Crippen molar-refractivity contribution in [3.63, 3.8) is 0 Å². The maximum absolute atomic E-state index is 5.74. The summed E-state index contributed by atoms with van der Waals surface area (Å²) in [4.78, 5) is 3.72. The maximum atomic E-state index is 5.74. The predicted molar refractivity (Wildman–Crippen MR) is 108 cm³/mol. The summed E-state index contributed by atoms with van der Waals surface area (Å²) >= 11 is 1.45. The second kappa shape index (κ2) is 49.6. The molecule has 10 N–H and O–H groups in total. The first kappa shape index (κ1) is 39.8. The van der Waals surface area contributed by atoms with E-state index >= 15 is 0 Å². The molecule has 0 aliphatic carbocycles. The van der Waals surface area contributed by atoms with Crippen molar-refractivity contribution in [2.24, 2.45) is 27.9 Å². The molecular weight excluding hydrogens is 670 g/mol. The molecule has 0 atom stereocenters. The molecular formula is C17H34N7W2-5. The van der Waals surface area contributed by atoms with Crippen LogP contribution in [-0.4, -0.2) is 29.6 Å². The van der Waals surface area contributed by atoms with Gasteiger partial charge in [-0.3, -0.25) is 4.99 Å². The van der Waals surface area contributed by atoms with E-state index in [1.54, 1.807) is 0 Å². The van der Waals surface area contributed by atoms with Crippen LogP contribution < -0.4 is 22.9 Å². The van der Waals surface area contributed by atoms with Crippen LogP contribution in [0.15, 0.2) is 22.7 Å². The van der Waals surface area contributed by atoms with Gasteiger partial charge in [0.05, 0.1) is 0 Å². The minimum atomic E-state index is 0. The molecule has 0 rings (SSSR count). The third-order valence-corrected chi connectivity index (χ3v) is 2.02. The van der Waals surface area contributed by atoms with Crippen LogP contribution in [0.2, 0.25) is 0 Å². The summed E-state index contributed by atoms with van der Waals surface area (Å²) in [7, 11) is 0. The molecule has 0 spiro atoms. The summed E-state index contributed by atoms with van der Waals surface area (Å²) in [5.41, 5.74) is 19.4. The number of hydrogen-bond acceptors (Lipinski definition) is 3. The number of guanidine groups is 1. The Morgan fingerprint density at radius 2 is 1.58 bits per heavy atom. The van der Waals surface area contributed by atoms with Crippen LogP contribution in [0.25, 0.3) is 0 Å². The minimum absolute atomic E-state index is 0.